The molecule has 4 rings (SSSR count). The minimum Gasteiger partial charge on any atom is -0.491 e. The minimum atomic E-state index is -1.43. The van der Waals surface area contributed by atoms with Crippen molar-refractivity contribution in [2.45, 2.75) is 59.2 Å². The SMILES string of the molecule is CC(=O)O.CCN(NC(=O)c1cnccc1Nc1nc(-c2cc(Cl)ccc2F)ncc1OC)C(=O)COC1OCC(OC(C)=O)C(OC(C)=O)C1OC(C)=O. The Morgan fingerprint density at radius 2 is 1.65 bits per heavy atom. The fraction of sp³-hybridized carbons (Fsp3) is 0.382. The van der Waals surface area contributed by atoms with Gasteiger partial charge in [-0.15, -0.1) is 0 Å². The number of carbonyl (C=O) groups excluding carboxylic acids is 5. The van der Waals surface area contributed by atoms with Crippen molar-refractivity contribution >= 4 is 58.8 Å². The summed E-state index contributed by atoms with van der Waals surface area (Å²) >= 11 is 6.05. The highest BCUT2D eigenvalue weighted by molar-refractivity contribution is 6.30. The highest BCUT2D eigenvalue weighted by Crippen LogP contribution is 2.31. The summed E-state index contributed by atoms with van der Waals surface area (Å²) < 4.78 is 46.9. The lowest BCUT2D eigenvalue weighted by Gasteiger charge is -2.40. The van der Waals surface area contributed by atoms with E-state index in [0.29, 0.717) is 0 Å². The molecule has 1 aliphatic heterocycles. The van der Waals surface area contributed by atoms with Gasteiger partial charge in [0.05, 0.1) is 36.7 Å². The van der Waals surface area contributed by atoms with Gasteiger partial charge < -0.3 is 38.8 Å². The second kappa shape index (κ2) is 20.5. The Morgan fingerprint density at radius 1 is 1.00 bits per heavy atom. The number of nitrogens with zero attached hydrogens (tertiary/aromatic N) is 4. The quantitative estimate of drug-likeness (QED) is 0.136. The first-order valence-corrected chi connectivity index (χ1v) is 16.6. The molecule has 4 atom stereocenters. The molecule has 0 saturated carbocycles. The van der Waals surface area contributed by atoms with Crippen LogP contribution in [0, 0.1) is 5.82 Å². The van der Waals surface area contributed by atoms with Gasteiger partial charge in [-0.25, -0.2) is 14.4 Å². The van der Waals surface area contributed by atoms with Crippen molar-refractivity contribution in [3.05, 3.63) is 59.3 Å². The summed E-state index contributed by atoms with van der Waals surface area (Å²) in [7, 11) is 1.37. The number of carbonyl (C=O) groups is 6. The molecule has 3 aromatic rings. The number of hydrazine groups is 1. The van der Waals surface area contributed by atoms with Crippen molar-refractivity contribution < 1.29 is 66.7 Å². The number of amides is 2. The Kier molecular flexibility index (Phi) is 16.2. The number of hydrogen-bond donors (Lipinski definition) is 3. The fourth-order valence-electron chi connectivity index (χ4n) is 4.80. The van der Waals surface area contributed by atoms with Crippen LogP contribution >= 0.6 is 11.6 Å². The standard InChI is InChI=1S/C32H34ClFN6O11.C2H4O2/c1-6-40(26(44)15-48-32-28(51-18(4)43)27(50-17(3)42)25(14-47-32)49-16(2)41)39-31(45)21-12-35-10-9-23(21)37-30-24(46-5)13-36-29(38-30)20-11-19(33)7-8-22(20)34;1-2(3)4/h7-13,25,27-28,32H,6,14-15H2,1-5H3,(H,39,45)(H,35,36,37,38);1H3,(H,3,4). The van der Waals surface area contributed by atoms with Crippen molar-refractivity contribution in [1.29, 1.82) is 0 Å². The predicted molar refractivity (Wildman–Crippen MR) is 187 cm³/mol. The van der Waals surface area contributed by atoms with Crippen molar-refractivity contribution in [2.75, 3.05) is 32.2 Å². The van der Waals surface area contributed by atoms with E-state index < -0.39 is 72.7 Å². The molecule has 3 N–H and O–H groups in total. The highest BCUT2D eigenvalue weighted by atomic mass is 35.5. The van der Waals surface area contributed by atoms with Crippen LogP contribution in [0.4, 0.5) is 15.9 Å². The molecule has 2 amide bonds. The van der Waals surface area contributed by atoms with Gasteiger partial charge in [-0.2, -0.15) is 0 Å². The number of nitrogens with one attached hydrogen (secondary N) is 2. The lowest BCUT2D eigenvalue weighted by molar-refractivity contribution is -0.279. The Balaban J connectivity index is 0.00000193. The number of rotatable bonds is 12. The van der Waals surface area contributed by atoms with Gasteiger partial charge in [0.2, 0.25) is 0 Å². The van der Waals surface area contributed by atoms with Gasteiger partial charge >= 0.3 is 17.9 Å². The van der Waals surface area contributed by atoms with Crippen molar-refractivity contribution in [2.24, 2.45) is 0 Å². The van der Waals surface area contributed by atoms with Gasteiger partial charge in [0.1, 0.15) is 12.4 Å². The average molecular weight is 793 g/mol. The zero-order chi connectivity index (χ0) is 40.8. The summed E-state index contributed by atoms with van der Waals surface area (Å²) in [6.07, 6.45) is -1.32. The maximum atomic E-state index is 14.6. The monoisotopic (exact) mass is 792 g/mol. The number of anilines is 2. The van der Waals surface area contributed by atoms with Gasteiger partial charge in [0.25, 0.3) is 17.8 Å². The number of carboxylic acid groups (broad SMARTS) is 1. The Labute approximate surface area is 318 Å². The molecule has 0 bridgehead atoms. The number of likely N-dealkylation sites (N-methyl/N-ethyl adjacent to an activating group) is 1. The normalized spacial score (nSPS) is 17.3. The first-order chi connectivity index (χ1) is 26.0. The number of benzene rings is 1. The molecule has 19 nitrogen and oxygen atoms in total. The molecule has 1 saturated heterocycles. The molecule has 4 unspecified atom stereocenters. The topological polar surface area (TPSA) is 244 Å². The number of pyridine rings is 1. The van der Waals surface area contributed by atoms with E-state index in [4.69, 9.17) is 49.9 Å². The van der Waals surface area contributed by atoms with Crippen molar-refractivity contribution in [3.8, 4) is 17.1 Å². The molecular weight excluding hydrogens is 755 g/mol. The van der Waals surface area contributed by atoms with Crippen LogP contribution in [-0.2, 0) is 47.7 Å². The summed E-state index contributed by atoms with van der Waals surface area (Å²) in [4.78, 5) is 83.6. The molecule has 296 valence electrons. The van der Waals surface area contributed by atoms with Gasteiger partial charge in [-0.05, 0) is 31.2 Å². The predicted octanol–water partition coefficient (Wildman–Crippen LogP) is 2.84. The molecule has 1 aromatic carbocycles. The summed E-state index contributed by atoms with van der Waals surface area (Å²) in [5.74, 6) is -4.97. The molecule has 1 aliphatic rings. The summed E-state index contributed by atoms with van der Waals surface area (Å²) in [5.41, 5.74) is 2.69. The minimum absolute atomic E-state index is 0.0138. The number of methoxy groups -OCH3 is 1. The van der Waals surface area contributed by atoms with Crippen LogP contribution < -0.4 is 15.5 Å². The number of aromatic nitrogens is 3. The summed E-state index contributed by atoms with van der Waals surface area (Å²) in [5, 5.41) is 11.6. The number of esters is 3. The second-order valence-electron chi connectivity index (χ2n) is 11.2. The van der Waals surface area contributed by atoms with Crippen LogP contribution in [0.5, 0.6) is 5.75 Å². The van der Waals surface area contributed by atoms with E-state index in [2.05, 4.69) is 25.7 Å². The molecule has 55 heavy (non-hydrogen) atoms. The number of halogens is 2. The lowest BCUT2D eigenvalue weighted by Crippen LogP contribution is -2.58. The van der Waals surface area contributed by atoms with Gasteiger partial charge in [0.15, 0.2) is 42.0 Å². The highest BCUT2D eigenvalue weighted by Gasteiger charge is 2.47. The average Bonchev–Trinajstić information content (AvgIpc) is 3.11. The Bertz CT molecular complexity index is 1880. The van der Waals surface area contributed by atoms with E-state index in [-0.39, 0.29) is 52.4 Å². The van der Waals surface area contributed by atoms with E-state index in [1.807, 2.05) is 0 Å². The number of aliphatic carboxylic acids is 1. The van der Waals surface area contributed by atoms with Crippen LogP contribution in [0.25, 0.3) is 11.4 Å². The first-order valence-electron chi connectivity index (χ1n) is 16.2. The number of carboxylic acids is 1. The first kappa shape index (κ1) is 43.4. The van der Waals surface area contributed by atoms with Crippen molar-refractivity contribution in [3.63, 3.8) is 0 Å². The zero-order valence-electron chi connectivity index (χ0n) is 30.4. The molecule has 2 aromatic heterocycles. The van der Waals surface area contributed by atoms with Gasteiger partial charge in [-0.1, -0.05) is 11.6 Å². The smallest absolute Gasteiger partial charge is 0.303 e. The third-order valence-corrected chi connectivity index (χ3v) is 7.23. The molecule has 0 spiro atoms. The van der Waals surface area contributed by atoms with E-state index in [1.54, 1.807) is 6.92 Å². The van der Waals surface area contributed by atoms with Crippen LogP contribution in [0.1, 0.15) is 45.0 Å². The Morgan fingerprint density at radius 3 is 2.27 bits per heavy atom. The second-order valence-corrected chi connectivity index (χ2v) is 11.6. The van der Waals surface area contributed by atoms with E-state index in [9.17, 15) is 28.4 Å². The van der Waals surface area contributed by atoms with E-state index >= 15 is 0 Å². The van der Waals surface area contributed by atoms with E-state index in [1.165, 1.54) is 50.0 Å². The zero-order valence-corrected chi connectivity index (χ0v) is 31.1. The number of ether oxygens (including phenoxy) is 6. The van der Waals surface area contributed by atoms with Crippen LogP contribution in [0.15, 0.2) is 42.9 Å². The Hall–Kier alpha value is -5.99. The molecule has 0 radical (unpaired) electrons. The third kappa shape index (κ3) is 12.8. The summed E-state index contributed by atoms with van der Waals surface area (Å²) in [6, 6.07) is 5.39. The maximum absolute atomic E-state index is 14.6. The molecule has 21 heteroatoms. The lowest BCUT2D eigenvalue weighted by atomic mass is 10.0. The molecule has 1 fully saturated rings. The van der Waals surface area contributed by atoms with E-state index in [0.717, 1.165) is 32.7 Å². The molecule has 3 heterocycles. The van der Waals surface area contributed by atoms with Crippen LogP contribution in [0.3, 0.4) is 0 Å². The summed E-state index contributed by atoms with van der Waals surface area (Å²) in [6.45, 7) is 4.98. The van der Waals surface area contributed by atoms with Crippen LogP contribution in [-0.4, -0.2) is 112 Å². The van der Waals surface area contributed by atoms with Gasteiger partial charge in [0, 0.05) is 51.7 Å². The largest absolute Gasteiger partial charge is 0.491 e. The van der Waals surface area contributed by atoms with Crippen molar-refractivity contribution in [1.82, 2.24) is 25.4 Å². The molecule has 0 aliphatic carbocycles. The molecular formula is C34H38ClFN6O13. The maximum Gasteiger partial charge on any atom is 0.303 e. The fourth-order valence-corrected chi connectivity index (χ4v) is 4.98. The number of hydrogen-bond acceptors (Lipinski definition) is 16. The van der Waals surface area contributed by atoms with Gasteiger partial charge in [-0.3, -0.25) is 44.2 Å². The third-order valence-electron chi connectivity index (χ3n) is 6.99. The van der Waals surface area contributed by atoms with Crippen LogP contribution in [0.2, 0.25) is 5.02 Å².